The minimum Gasteiger partial charge on any atom is -0.487 e. The zero-order valence-electron chi connectivity index (χ0n) is 23.1. The zero-order chi connectivity index (χ0) is 30.8. The second-order valence-electron chi connectivity index (χ2n) is 10.4. The summed E-state index contributed by atoms with van der Waals surface area (Å²) in [5.74, 6) is -2.05. The lowest BCUT2D eigenvalue weighted by Gasteiger charge is -2.56. The van der Waals surface area contributed by atoms with Crippen LogP contribution >= 0.6 is 11.6 Å². The maximum atomic E-state index is 11.2. The van der Waals surface area contributed by atoms with E-state index in [9.17, 15) is 30.3 Å². The van der Waals surface area contributed by atoms with E-state index in [2.05, 4.69) is 0 Å². The molecule has 3 fully saturated rings. The zero-order valence-corrected chi connectivity index (χ0v) is 23.9. The summed E-state index contributed by atoms with van der Waals surface area (Å²) in [6, 6.07) is 9.83. The van der Waals surface area contributed by atoms with Crippen LogP contribution in [0.5, 0.6) is 11.5 Å². The van der Waals surface area contributed by atoms with Crippen LogP contribution in [0.1, 0.15) is 29.5 Å². The van der Waals surface area contributed by atoms with Crippen LogP contribution in [0.2, 0.25) is 5.02 Å². The molecule has 5 unspecified atom stereocenters. The van der Waals surface area contributed by atoms with Crippen LogP contribution in [0.4, 0.5) is 0 Å². The first-order valence-electron chi connectivity index (χ1n) is 13.6. The molecule has 0 aliphatic carbocycles. The van der Waals surface area contributed by atoms with Gasteiger partial charge in [-0.15, -0.1) is 0 Å². The molecule has 5 N–H and O–H groups in total. The van der Waals surface area contributed by atoms with E-state index in [1.807, 2.05) is 0 Å². The second-order valence-corrected chi connectivity index (χ2v) is 10.8. The number of benzene rings is 2. The Kier molecular flexibility index (Phi) is 9.58. The maximum Gasteiger partial charge on any atom is 0.328 e. The van der Waals surface area contributed by atoms with E-state index in [1.54, 1.807) is 36.4 Å². The number of aliphatic hydroxyl groups excluding tert-OH is 4. The summed E-state index contributed by atoms with van der Waals surface area (Å²) in [5, 5.41) is 48.9. The van der Waals surface area contributed by atoms with Crippen molar-refractivity contribution < 1.29 is 63.8 Å². The third-order valence-corrected chi connectivity index (χ3v) is 8.08. The molecule has 14 heteroatoms. The van der Waals surface area contributed by atoms with Gasteiger partial charge in [-0.1, -0.05) is 35.9 Å². The SMILES string of the molecule is COC1(c2ccc(/C=C/C(=O)O)c(OCc3ccc(O[C@@H]4OC(CO)[C@H](O)C(O)C4O)cc3)c2Cl)OOC12CCCOC2. The van der Waals surface area contributed by atoms with Crippen LogP contribution in [0.3, 0.4) is 0 Å². The minimum absolute atomic E-state index is 0.0169. The van der Waals surface area contributed by atoms with Gasteiger partial charge in [-0.25, -0.2) is 9.68 Å². The molecule has 7 atom stereocenters. The summed E-state index contributed by atoms with van der Waals surface area (Å²) >= 11 is 6.89. The highest BCUT2D eigenvalue weighted by Gasteiger charge is 2.68. The van der Waals surface area contributed by atoms with Crippen molar-refractivity contribution in [1.29, 1.82) is 0 Å². The third-order valence-electron chi connectivity index (χ3n) is 7.71. The van der Waals surface area contributed by atoms with Gasteiger partial charge in [0.15, 0.2) is 5.60 Å². The molecule has 3 heterocycles. The second kappa shape index (κ2) is 13.0. The fourth-order valence-electron chi connectivity index (χ4n) is 5.33. The average molecular weight is 625 g/mol. The average Bonchev–Trinajstić information content (AvgIpc) is 3.01. The van der Waals surface area contributed by atoms with Gasteiger partial charge in [0.2, 0.25) is 6.29 Å². The monoisotopic (exact) mass is 624 g/mol. The van der Waals surface area contributed by atoms with Gasteiger partial charge in [-0.3, -0.25) is 0 Å². The van der Waals surface area contributed by atoms with Crippen LogP contribution in [0, 0.1) is 0 Å². The van der Waals surface area contributed by atoms with Crippen LogP contribution in [0.15, 0.2) is 42.5 Å². The van der Waals surface area contributed by atoms with Crippen molar-refractivity contribution in [3.8, 4) is 11.5 Å². The Labute approximate surface area is 251 Å². The van der Waals surface area contributed by atoms with Crippen molar-refractivity contribution in [3.63, 3.8) is 0 Å². The van der Waals surface area contributed by atoms with Gasteiger partial charge in [-0.05, 0) is 36.6 Å². The minimum atomic E-state index is -1.57. The van der Waals surface area contributed by atoms with Crippen molar-refractivity contribution >= 4 is 23.6 Å². The topological polar surface area (TPSA) is 183 Å². The van der Waals surface area contributed by atoms with Gasteiger partial charge in [0, 0.05) is 30.9 Å². The molecule has 43 heavy (non-hydrogen) atoms. The van der Waals surface area contributed by atoms with Crippen LogP contribution in [-0.4, -0.2) is 94.7 Å². The molecule has 2 aromatic carbocycles. The van der Waals surface area contributed by atoms with Crippen molar-refractivity contribution in [2.45, 2.75) is 61.5 Å². The maximum absolute atomic E-state index is 11.2. The van der Waals surface area contributed by atoms with Gasteiger partial charge in [-0.2, -0.15) is 4.89 Å². The molecular weight excluding hydrogens is 592 g/mol. The Bertz CT molecular complexity index is 1310. The molecule has 3 saturated heterocycles. The number of hydrogen-bond donors (Lipinski definition) is 5. The number of ether oxygens (including phenoxy) is 5. The summed E-state index contributed by atoms with van der Waals surface area (Å²) < 4.78 is 28.6. The number of aliphatic hydroxyl groups is 4. The number of aliphatic carboxylic acids is 1. The molecule has 0 saturated carbocycles. The number of methoxy groups -OCH3 is 1. The van der Waals surface area contributed by atoms with E-state index in [1.165, 1.54) is 13.2 Å². The number of carboxylic acid groups (broad SMARTS) is 1. The van der Waals surface area contributed by atoms with E-state index in [0.717, 1.165) is 12.5 Å². The lowest BCUT2D eigenvalue weighted by atomic mass is 9.80. The summed E-state index contributed by atoms with van der Waals surface area (Å²) in [4.78, 5) is 22.3. The number of rotatable bonds is 10. The normalized spacial score (nSPS) is 32.5. The van der Waals surface area contributed by atoms with Crippen molar-refractivity contribution in [3.05, 3.63) is 64.2 Å². The molecule has 234 valence electrons. The first kappa shape index (κ1) is 31.6. The lowest BCUT2D eigenvalue weighted by Crippen LogP contribution is -2.69. The third kappa shape index (κ3) is 5.98. The lowest BCUT2D eigenvalue weighted by molar-refractivity contribution is -0.626. The van der Waals surface area contributed by atoms with Gasteiger partial charge in [0.05, 0.1) is 18.2 Å². The van der Waals surface area contributed by atoms with Gasteiger partial charge >= 0.3 is 5.97 Å². The molecule has 0 aromatic heterocycles. The van der Waals surface area contributed by atoms with E-state index in [4.69, 9.17) is 45.1 Å². The van der Waals surface area contributed by atoms with Crippen LogP contribution < -0.4 is 9.47 Å². The number of carboxylic acids is 1. The van der Waals surface area contributed by atoms with Crippen LogP contribution in [0.25, 0.3) is 6.08 Å². The van der Waals surface area contributed by atoms with Crippen LogP contribution in [-0.2, 0) is 41.2 Å². The fourth-order valence-corrected chi connectivity index (χ4v) is 5.68. The summed E-state index contributed by atoms with van der Waals surface area (Å²) in [5.41, 5.74) is 0.590. The van der Waals surface area contributed by atoms with E-state index >= 15 is 0 Å². The molecule has 3 aliphatic heterocycles. The van der Waals surface area contributed by atoms with E-state index in [-0.39, 0.29) is 29.7 Å². The van der Waals surface area contributed by atoms with Crippen molar-refractivity contribution in [2.75, 3.05) is 26.9 Å². The molecule has 13 nitrogen and oxygen atoms in total. The predicted octanol–water partition coefficient (Wildman–Crippen LogP) is 1.51. The molecule has 0 amide bonds. The smallest absolute Gasteiger partial charge is 0.328 e. The highest BCUT2D eigenvalue weighted by molar-refractivity contribution is 6.33. The molecule has 0 radical (unpaired) electrons. The summed E-state index contributed by atoms with van der Waals surface area (Å²) in [7, 11) is 1.47. The Morgan fingerprint density at radius 1 is 1.09 bits per heavy atom. The summed E-state index contributed by atoms with van der Waals surface area (Å²) in [6.07, 6.45) is -3.38. The standard InChI is InChI=1S/C29H33ClO13/c1-37-29(28(42-43-29)11-2-12-38-15-28)19-9-5-17(6-10-21(32)33)26(22(19)30)39-14-16-3-7-18(8-4-16)40-27-25(36)24(35)23(34)20(13-31)41-27/h3-10,20,23-25,27,31,34-36H,2,11-15H2,1H3,(H,32,33)/b10-6+/t20?,23-,24?,25?,27+,28?,29?/m0/s1. The molecule has 5 rings (SSSR count). The largest absolute Gasteiger partial charge is 0.487 e. The molecular formula is C29H33ClO13. The van der Waals surface area contributed by atoms with Gasteiger partial charge in [0.1, 0.15) is 42.5 Å². The van der Waals surface area contributed by atoms with Gasteiger partial charge < -0.3 is 49.2 Å². The number of hydrogen-bond acceptors (Lipinski definition) is 12. The van der Waals surface area contributed by atoms with Crippen molar-refractivity contribution in [2.24, 2.45) is 0 Å². The fraction of sp³-hybridized carbons (Fsp3) is 0.483. The Morgan fingerprint density at radius 2 is 1.86 bits per heavy atom. The highest BCUT2D eigenvalue weighted by Crippen LogP contribution is 2.56. The first-order chi connectivity index (χ1) is 20.6. The Morgan fingerprint density at radius 3 is 2.47 bits per heavy atom. The van der Waals surface area contributed by atoms with Crippen molar-refractivity contribution in [1.82, 2.24) is 0 Å². The molecule has 3 aliphatic rings. The molecule has 0 bridgehead atoms. The summed E-state index contributed by atoms with van der Waals surface area (Å²) in [6.45, 7) is 0.251. The van der Waals surface area contributed by atoms with E-state index < -0.39 is 54.7 Å². The first-order valence-corrected chi connectivity index (χ1v) is 13.9. The Hall–Kier alpha value is -2.82. The van der Waals surface area contributed by atoms with Gasteiger partial charge in [0.25, 0.3) is 5.79 Å². The molecule has 1 spiro atoms. The number of carbonyl (C=O) groups is 1. The Balaban J connectivity index is 1.35. The predicted molar refractivity (Wildman–Crippen MR) is 147 cm³/mol. The molecule has 2 aromatic rings. The number of halogens is 1. The van der Waals surface area contributed by atoms with E-state index in [0.29, 0.717) is 29.7 Å². The quantitative estimate of drug-likeness (QED) is 0.190. The highest BCUT2D eigenvalue weighted by atomic mass is 35.5.